The molecule has 2 saturated heterocycles. The average Bonchev–Trinajstić information content (AvgIpc) is 3.45. The van der Waals surface area contributed by atoms with E-state index in [1.54, 1.807) is 23.1 Å². The number of anilines is 1. The zero-order chi connectivity index (χ0) is 17.4. The summed E-state index contributed by atoms with van der Waals surface area (Å²) >= 11 is 0. The van der Waals surface area contributed by atoms with Gasteiger partial charge in [-0.25, -0.2) is 9.18 Å². The van der Waals surface area contributed by atoms with Crippen molar-refractivity contribution < 1.29 is 14.0 Å². The first-order valence-electron chi connectivity index (χ1n) is 9.16. The van der Waals surface area contributed by atoms with E-state index in [4.69, 9.17) is 0 Å². The summed E-state index contributed by atoms with van der Waals surface area (Å²) in [5.41, 5.74) is 0.376. The van der Waals surface area contributed by atoms with Crippen LogP contribution in [0.25, 0.3) is 0 Å². The van der Waals surface area contributed by atoms with Crippen molar-refractivity contribution in [1.29, 1.82) is 0 Å². The highest BCUT2D eigenvalue weighted by Crippen LogP contribution is 2.43. The molecule has 3 aliphatic rings. The highest BCUT2D eigenvalue weighted by molar-refractivity contribution is 5.89. The van der Waals surface area contributed by atoms with Gasteiger partial charge in [0.25, 0.3) is 0 Å². The molecule has 2 heterocycles. The summed E-state index contributed by atoms with van der Waals surface area (Å²) in [5, 5.41) is 2.66. The van der Waals surface area contributed by atoms with Gasteiger partial charge in [0.15, 0.2) is 0 Å². The Morgan fingerprint density at radius 3 is 2.56 bits per heavy atom. The Morgan fingerprint density at radius 2 is 1.88 bits per heavy atom. The molecule has 2 aliphatic heterocycles. The lowest BCUT2D eigenvalue weighted by Gasteiger charge is -2.47. The van der Waals surface area contributed by atoms with E-state index in [9.17, 15) is 14.0 Å². The molecule has 134 valence electrons. The first-order valence-corrected chi connectivity index (χ1v) is 9.16. The van der Waals surface area contributed by atoms with Gasteiger partial charge in [-0.3, -0.25) is 4.79 Å². The van der Waals surface area contributed by atoms with Gasteiger partial charge >= 0.3 is 6.03 Å². The number of amides is 3. The van der Waals surface area contributed by atoms with Crippen LogP contribution in [0.15, 0.2) is 24.3 Å². The first kappa shape index (κ1) is 16.4. The molecule has 1 aromatic rings. The van der Waals surface area contributed by atoms with Crippen LogP contribution in [0, 0.1) is 11.2 Å². The van der Waals surface area contributed by atoms with Gasteiger partial charge in [0, 0.05) is 32.1 Å². The van der Waals surface area contributed by atoms with Crippen LogP contribution in [-0.2, 0) is 4.79 Å². The van der Waals surface area contributed by atoms with Gasteiger partial charge in [0.1, 0.15) is 5.82 Å². The molecule has 0 aromatic heterocycles. The number of likely N-dealkylation sites (tertiary alicyclic amines) is 2. The SMILES string of the molecule is O=C(Nc1ccccc1F)N1CCC2(CCC(=O)N(C3CC3)C2)CC1. The second-order valence-corrected chi connectivity index (χ2v) is 7.65. The number of hydrogen-bond acceptors (Lipinski definition) is 2. The van der Waals surface area contributed by atoms with Crippen LogP contribution in [0.1, 0.15) is 38.5 Å². The predicted octanol–water partition coefficient (Wildman–Crippen LogP) is 3.22. The number of urea groups is 1. The number of nitrogens with one attached hydrogen (secondary N) is 1. The summed E-state index contributed by atoms with van der Waals surface area (Å²) < 4.78 is 13.7. The molecule has 3 amide bonds. The Bertz CT molecular complexity index is 681. The highest BCUT2D eigenvalue weighted by Gasteiger charge is 2.45. The van der Waals surface area contributed by atoms with Crippen molar-refractivity contribution in [2.24, 2.45) is 5.41 Å². The standard InChI is InChI=1S/C19H24FN3O2/c20-15-3-1-2-4-16(15)21-18(25)22-11-9-19(10-12-22)8-7-17(24)23(13-19)14-5-6-14/h1-4,14H,5-13H2,(H,21,25). The highest BCUT2D eigenvalue weighted by atomic mass is 19.1. The Hall–Kier alpha value is -2.11. The number of rotatable bonds is 2. The summed E-state index contributed by atoms with van der Waals surface area (Å²) in [6.45, 7) is 2.17. The Kier molecular flexibility index (Phi) is 4.13. The molecule has 1 N–H and O–H groups in total. The largest absolute Gasteiger partial charge is 0.339 e. The molecule has 1 aromatic carbocycles. The van der Waals surface area contributed by atoms with Crippen molar-refractivity contribution in [1.82, 2.24) is 9.80 Å². The maximum absolute atomic E-state index is 13.7. The van der Waals surface area contributed by atoms with Crippen molar-refractivity contribution in [3.63, 3.8) is 0 Å². The lowest BCUT2D eigenvalue weighted by atomic mass is 9.72. The van der Waals surface area contributed by atoms with Crippen LogP contribution in [0.3, 0.4) is 0 Å². The fourth-order valence-corrected chi connectivity index (χ4v) is 4.11. The van der Waals surface area contributed by atoms with Gasteiger partial charge < -0.3 is 15.1 Å². The van der Waals surface area contributed by atoms with Crippen LogP contribution >= 0.6 is 0 Å². The van der Waals surface area contributed by atoms with Gasteiger partial charge in [-0.15, -0.1) is 0 Å². The number of carbonyl (C=O) groups is 2. The predicted molar refractivity (Wildman–Crippen MR) is 92.6 cm³/mol. The van der Waals surface area contributed by atoms with Crippen LogP contribution in [0.2, 0.25) is 0 Å². The quantitative estimate of drug-likeness (QED) is 0.895. The van der Waals surface area contributed by atoms with Crippen molar-refractivity contribution in [2.45, 2.75) is 44.6 Å². The van der Waals surface area contributed by atoms with Gasteiger partial charge in [-0.05, 0) is 49.7 Å². The summed E-state index contributed by atoms with van der Waals surface area (Å²) in [5.74, 6) is -0.122. The summed E-state index contributed by atoms with van der Waals surface area (Å²) in [6.07, 6.45) is 5.66. The fourth-order valence-electron chi connectivity index (χ4n) is 4.11. The molecule has 5 nitrogen and oxygen atoms in total. The van der Waals surface area contributed by atoms with Crippen molar-refractivity contribution in [3.05, 3.63) is 30.1 Å². The van der Waals surface area contributed by atoms with Gasteiger partial charge in [0.05, 0.1) is 5.69 Å². The number of carbonyl (C=O) groups excluding carboxylic acids is 2. The summed E-state index contributed by atoms with van der Waals surface area (Å²) in [4.78, 5) is 28.4. The van der Waals surface area contributed by atoms with E-state index in [0.29, 0.717) is 31.5 Å². The molecule has 0 atom stereocenters. The van der Waals surface area contributed by atoms with Crippen LogP contribution in [0.4, 0.5) is 14.9 Å². The minimum atomic E-state index is -0.421. The van der Waals surface area contributed by atoms with E-state index in [2.05, 4.69) is 10.2 Å². The maximum Gasteiger partial charge on any atom is 0.321 e. The molecule has 1 aliphatic carbocycles. The van der Waals surface area contributed by atoms with E-state index in [0.717, 1.165) is 38.6 Å². The number of halogens is 1. The Labute approximate surface area is 147 Å². The Morgan fingerprint density at radius 1 is 1.16 bits per heavy atom. The lowest BCUT2D eigenvalue weighted by Crippen LogP contribution is -2.53. The third-order valence-corrected chi connectivity index (χ3v) is 5.91. The minimum Gasteiger partial charge on any atom is -0.339 e. The van der Waals surface area contributed by atoms with Crippen LogP contribution in [-0.4, -0.2) is 47.4 Å². The monoisotopic (exact) mass is 345 g/mol. The first-order chi connectivity index (χ1) is 12.1. The third kappa shape index (κ3) is 3.34. The smallest absolute Gasteiger partial charge is 0.321 e. The zero-order valence-corrected chi connectivity index (χ0v) is 14.3. The van der Waals surface area contributed by atoms with Crippen molar-refractivity contribution in [3.8, 4) is 0 Å². The number of nitrogens with zero attached hydrogens (tertiary/aromatic N) is 2. The second-order valence-electron chi connectivity index (χ2n) is 7.65. The normalized spacial score (nSPS) is 23.0. The van der Waals surface area contributed by atoms with E-state index in [1.165, 1.54) is 6.07 Å². The van der Waals surface area contributed by atoms with Gasteiger partial charge in [-0.2, -0.15) is 0 Å². The van der Waals surface area contributed by atoms with Crippen LogP contribution in [0.5, 0.6) is 0 Å². The topological polar surface area (TPSA) is 52.7 Å². The zero-order valence-electron chi connectivity index (χ0n) is 14.3. The third-order valence-electron chi connectivity index (χ3n) is 5.91. The molecule has 25 heavy (non-hydrogen) atoms. The molecule has 1 spiro atoms. The summed E-state index contributed by atoms with van der Waals surface area (Å²) in [7, 11) is 0. The molecule has 0 bridgehead atoms. The lowest BCUT2D eigenvalue weighted by molar-refractivity contribution is -0.139. The number of para-hydroxylation sites is 1. The van der Waals surface area contributed by atoms with Crippen LogP contribution < -0.4 is 5.32 Å². The molecular weight excluding hydrogens is 321 g/mol. The van der Waals surface area contributed by atoms with Gasteiger partial charge in [-0.1, -0.05) is 12.1 Å². The fraction of sp³-hybridized carbons (Fsp3) is 0.579. The molecule has 3 fully saturated rings. The van der Waals surface area contributed by atoms with E-state index in [1.807, 2.05) is 0 Å². The van der Waals surface area contributed by atoms with Crippen molar-refractivity contribution >= 4 is 17.6 Å². The second kappa shape index (κ2) is 6.32. The minimum absolute atomic E-state index is 0.158. The van der Waals surface area contributed by atoms with E-state index in [-0.39, 0.29) is 17.1 Å². The number of piperidine rings is 2. The Balaban J connectivity index is 1.35. The summed E-state index contributed by atoms with van der Waals surface area (Å²) in [6, 6.07) is 6.43. The molecule has 6 heteroatoms. The van der Waals surface area contributed by atoms with E-state index < -0.39 is 5.82 Å². The maximum atomic E-state index is 13.7. The van der Waals surface area contributed by atoms with Gasteiger partial charge in [0.2, 0.25) is 5.91 Å². The molecule has 4 rings (SSSR count). The van der Waals surface area contributed by atoms with Crippen molar-refractivity contribution in [2.75, 3.05) is 25.0 Å². The molecule has 0 unspecified atom stereocenters. The molecule has 1 saturated carbocycles. The molecular formula is C19H24FN3O2. The average molecular weight is 345 g/mol. The number of hydrogen-bond donors (Lipinski definition) is 1. The number of benzene rings is 1. The van der Waals surface area contributed by atoms with E-state index >= 15 is 0 Å². The molecule has 0 radical (unpaired) electrons.